The van der Waals surface area contributed by atoms with E-state index in [1.807, 2.05) is 22.8 Å². The van der Waals surface area contributed by atoms with Crippen molar-refractivity contribution in [3.05, 3.63) is 67.0 Å². The molecule has 19 heavy (non-hydrogen) atoms. The Kier molecular flexibility index (Phi) is 2.12. The summed E-state index contributed by atoms with van der Waals surface area (Å²) in [5.74, 6) is 0. The summed E-state index contributed by atoms with van der Waals surface area (Å²) in [6.45, 7) is 0. The summed E-state index contributed by atoms with van der Waals surface area (Å²) in [6.07, 6.45) is 3.66. The van der Waals surface area contributed by atoms with E-state index in [9.17, 15) is 0 Å². The third-order valence-electron chi connectivity index (χ3n) is 3.34. The van der Waals surface area contributed by atoms with Crippen LogP contribution in [-0.4, -0.2) is 14.6 Å². The van der Waals surface area contributed by atoms with Gasteiger partial charge in [-0.05, 0) is 22.9 Å². The number of hydrogen-bond donors (Lipinski definition) is 0. The second-order valence-corrected chi connectivity index (χ2v) is 4.46. The van der Waals surface area contributed by atoms with Crippen molar-refractivity contribution in [1.29, 1.82) is 0 Å². The fraction of sp³-hybridized carbons (Fsp3) is 0. The van der Waals surface area contributed by atoms with Crippen molar-refractivity contribution in [2.45, 2.75) is 0 Å². The maximum absolute atomic E-state index is 4.40. The summed E-state index contributed by atoms with van der Waals surface area (Å²) >= 11 is 0. The molecule has 0 aliphatic heterocycles. The second kappa shape index (κ2) is 3.92. The van der Waals surface area contributed by atoms with E-state index in [4.69, 9.17) is 0 Å². The average molecular weight is 245 g/mol. The number of imidazole rings is 1. The fourth-order valence-corrected chi connectivity index (χ4v) is 2.46. The molecule has 0 radical (unpaired) electrons. The third kappa shape index (κ3) is 1.52. The first-order chi connectivity index (χ1) is 9.43. The lowest BCUT2D eigenvalue weighted by Crippen LogP contribution is -1.93. The van der Waals surface area contributed by atoms with Gasteiger partial charge in [0, 0.05) is 11.8 Å². The molecule has 0 saturated carbocycles. The number of aromatic nitrogens is 3. The molecule has 0 aliphatic rings. The Labute approximate surface area is 110 Å². The van der Waals surface area contributed by atoms with Crippen molar-refractivity contribution in [3.63, 3.8) is 0 Å². The average Bonchev–Trinajstić information content (AvgIpc) is 2.90. The van der Waals surface area contributed by atoms with E-state index in [2.05, 4.69) is 52.5 Å². The molecular weight excluding hydrogens is 234 g/mol. The molecule has 0 fully saturated rings. The molecule has 0 saturated heterocycles. The zero-order valence-electron chi connectivity index (χ0n) is 10.2. The Balaban J connectivity index is 2.10. The number of nitrogens with zero attached hydrogens (tertiary/aromatic N) is 3. The first-order valence-corrected chi connectivity index (χ1v) is 6.20. The van der Waals surface area contributed by atoms with Gasteiger partial charge in [-0.1, -0.05) is 42.5 Å². The van der Waals surface area contributed by atoms with Gasteiger partial charge in [-0.15, -0.1) is 0 Å². The van der Waals surface area contributed by atoms with Gasteiger partial charge in [-0.25, -0.2) is 9.50 Å². The van der Waals surface area contributed by atoms with Gasteiger partial charge in [-0.2, -0.15) is 5.10 Å². The molecule has 90 valence electrons. The van der Waals surface area contributed by atoms with Crippen LogP contribution in [-0.2, 0) is 0 Å². The molecule has 0 atom stereocenters. The van der Waals surface area contributed by atoms with Crippen molar-refractivity contribution >= 4 is 16.4 Å². The van der Waals surface area contributed by atoms with Gasteiger partial charge in [0.1, 0.15) is 0 Å². The van der Waals surface area contributed by atoms with E-state index in [1.54, 1.807) is 6.20 Å². The molecule has 0 aliphatic carbocycles. The summed E-state index contributed by atoms with van der Waals surface area (Å²) in [4.78, 5) is 4.40. The smallest absolute Gasteiger partial charge is 0.154 e. The standard InChI is InChI=1S/C16H11N3/c1-2-7-13-12(5-1)6-3-8-14(13)15-11-17-16-9-4-10-18-19(15)16/h1-11H. The molecule has 0 bridgehead atoms. The molecule has 4 aromatic rings. The van der Waals surface area contributed by atoms with Gasteiger partial charge in [0.25, 0.3) is 0 Å². The largest absolute Gasteiger partial charge is 0.235 e. The van der Waals surface area contributed by atoms with E-state index >= 15 is 0 Å². The molecule has 0 unspecified atom stereocenters. The second-order valence-electron chi connectivity index (χ2n) is 4.46. The highest BCUT2D eigenvalue weighted by molar-refractivity contribution is 5.96. The third-order valence-corrected chi connectivity index (χ3v) is 3.34. The highest BCUT2D eigenvalue weighted by Gasteiger charge is 2.09. The maximum Gasteiger partial charge on any atom is 0.154 e. The van der Waals surface area contributed by atoms with E-state index in [0.29, 0.717) is 0 Å². The Hall–Kier alpha value is -2.68. The van der Waals surface area contributed by atoms with Crippen molar-refractivity contribution in [3.8, 4) is 11.3 Å². The normalized spacial score (nSPS) is 11.2. The van der Waals surface area contributed by atoms with Gasteiger partial charge in [-0.3, -0.25) is 0 Å². The minimum Gasteiger partial charge on any atom is -0.235 e. The predicted octanol–water partition coefficient (Wildman–Crippen LogP) is 3.55. The molecule has 3 nitrogen and oxygen atoms in total. The Bertz CT molecular complexity index is 872. The van der Waals surface area contributed by atoms with E-state index in [1.165, 1.54) is 10.8 Å². The predicted molar refractivity (Wildman–Crippen MR) is 75.9 cm³/mol. The van der Waals surface area contributed by atoms with Crippen molar-refractivity contribution in [2.24, 2.45) is 0 Å². The summed E-state index contributed by atoms with van der Waals surface area (Å²) < 4.78 is 1.88. The first-order valence-electron chi connectivity index (χ1n) is 6.20. The molecule has 2 heterocycles. The number of hydrogen-bond acceptors (Lipinski definition) is 2. The molecule has 0 N–H and O–H groups in total. The highest BCUT2D eigenvalue weighted by atomic mass is 15.2. The van der Waals surface area contributed by atoms with Crippen LogP contribution in [0.3, 0.4) is 0 Å². The first kappa shape index (κ1) is 10.3. The number of rotatable bonds is 1. The molecule has 0 amide bonds. The monoisotopic (exact) mass is 245 g/mol. The minimum absolute atomic E-state index is 0.866. The van der Waals surface area contributed by atoms with Crippen LogP contribution < -0.4 is 0 Å². The Morgan fingerprint density at radius 1 is 0.842 bits per heavy atom. The van der Waals surface area contributed by atoms with Crippen LogP contribution in [0, 0.1) is 0 Å². The van der Waals surface area contributed by atoms with Crippen LogP contribution in [0.15, 0.2) is 67.0 Å². The molecular formula is C16H11N3. The van der Waals surface area contributed by atoms with Crippen LogP contribution in [0.1, 0.15) is 0 Å². The van der Waals surface area contributed by atoms with Gasteiger partial charge < -0.3 is 0 Å². The van der Waals surface area contributed by atoms with Crippen LogP contribution in [0.2, 0.25) is 0 Å². The quantitative estimate of drug-likeness (QED) is 0.513. The maximum atomic E-state index is 4.40. The number of benzene rings is 2. The topological polar surface area (TPSA) is 30.2 Å². The van der Waals surface area contributed by atoms with Gasteiger partial charge in [0.15, 0.2) is 5.65 Å². The minimum atomic E-state index is 0.866. The Morgan fingerprint density at radius 2 is 1.74 bits per heavy atom. The lowest BCUT2D eigenvalue weighted by molar-refractivity contribution is 0.943. The molecule has 0 spiro atoms. The van der Waals surface area contributed by atoms with Crippen molar-refractivity contribution in [2.75, 3.05) is 0 Å². The molecule has 4 rings (SSSR count). The van der Waals surface area contributed by atoms with E-state index in [0.717, 1.165) is 16.9 Å². The van der Waals surface area contributed by atoms with Crippen LogP contribution in [0.5, 0.6) is 0 Å². The number of fused-ring (bicyclic) bond motifs is 2. The zero-order chi connectivity index (χ0) is 12.7. The van der Waals surface area contributed by atoms with Crippen molar-refractivity contribution in [1.82, 2.24) is 14.6 Å². The van der Waals surface area contributed by atoms with Crippen LogP contribution in [0.25, 0.3) is 27.7 Å². The Morgan fingerprint density at radius 3 is 2.74 bits per heavy atom. The SMILES string of the molecule is c1ccc2c(-c3cnc4cccnn34)cccc2c1. The van der Waals surface area contributed by atoms with E-state index in [-0.39, 0.29) is 0 Å². The summed E-state index contributed by atoms with van der Waals surface area (Å²) in [5, 5.41) is 6.83. The van der Waals surface area contributed by atoms with Gasteiger partial charge >= 0.3 is 0 Å². The van der Waals surface area contributed by atoms with Gasteiger partial charge in [0.05, 0.1) is 11.9 Å². The van der Waals surface area contributed by atoms with Crippen LogP contribution in [0.4, 0.5) is 0 Å². The molecule has 2 aromatic carbocycles. The summed E-state index contributed by atoms with van der Waals surface area (Å²) in [6, 6.07) is 18.5. The van der Waals surface area contributed by atoms with Gasteiger partial charge in [0.2, 0.25) is 0 Å². The highest BCUT2D eigenvalue weighted by Crippen LogP contribution is 2.28. The molecule has 3 heteroatoms. The lowest BCUT2D eigenvalue weighted by atomic mass is 10.0. The van der Waals surface area contributed by atoms with Crippen molar-refractivity contribution < 1.29 is 0 Å². The lowest BCUT2D eigenvalue weighted by Gasteiger charge is -2.05. The summed E-state index contributed by atoms with van der Waals surface area (Å²) in [5.41, 5.74) is 3.04. The summed E-state index contributed by atoms with van der Waals surface area (Å²) in [7, 11) is 0. The zero-order valence-corrected chi connectivity index (χ0v) is 10.2. The fourth-order valence-electron chi connectivity index (χ4n) is 2.46. The van der Waals surface area contributed by atoms with Crippen LogP contribution >= 0.6 is 0 Å². The molecule has 2 aromatic heterocycles. The van der Waals surface area contributed by atoms with E-state index < -0.39 is 0 Å².